The van der Waals surface area contributed by atoms with Crippen molar-refractivity contribution in [3.05, 3.63) is 48.7 Å². The first kappa shape index (κ1) is 13.1. The smallest absolute Gasteiger partial charge is 0.120 e. The van der Waals surface area contributed by atoms with Crippen LogP contribution in [0.15, 0.2) is 48.1 Å². The molecule has 3 heteroatoms. The Morgan fingerprint density at radius 2 is 1.85 bits per heavy atom. The maximum atomic E-state index is 4.55. The molecule has 0 atom stereocenters. The van der Waals surface area contributed by atoms with Gasteiger partial charge >= 0.3 is 0 Å². The molecule has 0 bridgehead atoms. The zero-order chi connectivity index (χ0) is 13.9. The standard InChI is InChI=1S/C17H21N3/c1-14-10-11-18-15(2)20(19-12-6-3-7-13-19)17-9-5-4-8-16(14)17/h4-5,8-11H,1,3,6-7,12-13H2,2H3/b11-10-,18-15-. The number of piperidine rings is 1. The van der Waals surface area contributed by atoms with Gasteiger partial charge in [0.05, 0.1) is 5.69 Å². The van der Waals surface area contributed by atoms with Crippen molar-refractivity contribution >= 4 is 17.1 Å². The molecule has 3 rings (SSSR count). The quantitative estimate of drug-likeness (QED) is 0.769. The third-order valence-corrected chi connectivity index (χ3v) is 3.94. The van der Waals surface area contributed by atoms with Crippen molar-refractivity contribution in [2.24, 2.45) is 4.99 Å². The van der Waals surface area contributed by atoms with Crippen LogP contribution in [0.3, 0.4) is 0 Å². The molecule has 0 saturated carbocycles. The van der Waals surface area contributed by atoms with Crippen molar-refractivity contribution in [2.45, 2.75) is 26.2 Å². The van der Waals surface area contributed by atoms with E-state index in [4.69, 9.17) is 0 Å². The zero-order valence-corrected chi connectivity index (χ0v) is 12.0. The molecule has 0 unspecified atom stereocenters. The first-order chi connectivity index (χ1) is 9.77. The second kappa shape index (κ2) is 5.63. The van der Waals surface area contributed by atoms with Crippen LogP contribution in [0, 0.1) is 0 Å². The molecule has 1 aromatic carbocycles. The van der Waals surface area contributed by atoms with E-state index in [2.05, 4.69) is 52.8 Å². The van der Waals surface area contributed by atoms with Crippen molar-refractivity contribution < 1.29 is 0 Å². The van der Waals surface area contributed by atoms with E-state index >= 15 is 0 Å². The Kier molecular flexibility index (Phi) is 3.70. The van der Waals surface area contributed by atoms with Gasteiger partial charge in [-0.05, 0) is 37.5 Å². The van der Waals surface area contributed by atoms with Gasteiger partial charge in [0.1, 0.15) is 5.84 Å². The number of nitrogens with zero attached hydrogens (tertiary/aromatic N) is 3. The minimum Gasteiger partial charge on any atom is -0.260 e. The Bertz CT molecular complexity index is 565. The van der Waals surface area contributed by atoms with Crippen LogP contribution in [0.5, 0.6) is 0 Å². The topological polar surface area (TPSA) is 18.8 Å². The third kappa shape index (κ3) is 2.41. The molecule has 0 amide bonds. The van der Waals surface area contributed by atoms with Crippen LogP contribution in [-0.2, 0) is 0 Å². The molecular formula is C17H21N3. The summed E-state index contributed by atoms with van der Waals surface area (Å²) >= 11 is 0. The van der Waals surface area contributed by atoms with Crippen LogP contribution in [0.2, 0.25) is 0 Å². The summed E-state index contributed by atoms with van der Waals surface area (Å²) in [4.78, 5) is 4.55. The maximum Gasteiger partial charge on any atom is 0.120 e. The summed E-state index contributed by atoms with van der Waals surface area (Å²) in [6.45, 7) is 8.42. The normalized spacial score (nSPS) is 24.4. The first-order valence-corrected chi connectivity index (χ1v) is 7.31. The molecule has 0 spiro atoms. The molecule has 104 valence electrons. The van der Waals surface area contributed by atoms with E-state index in [1.54, 1.807) is 0 Å². The Morgan fingerprint density at radius 1 is 1.10 bits per heavy atom. The van der Waals surface area contributed by atoms with Crippen LogP contribution >= 0.6 is 0 Å². The van der Waals surface area contributed by atoms with Gasteiger partial charge in [0.15, 0.2) is 0 Å². The van der Waals surface area contributed by atoms with Crippen molar-refractivity contribution in [3.63, 3.8) is 0 Å². The average molecular weight is 267 g/mol. The second-order valence-electron chi connectivity index (χ2n) is 5.36. The van der Waals surface area contributed by atoms with Gasteiger partial charge in [0.2, 0.25) is 0 Å². The number of rotatable bonds is 1. The number of allylic oxidation sites excluding steroid dienone is 2. The number of benzene rings is 1. The first-order valence-electron chi connectivity index (χ1n) is 7.31. The maximum absolute atomic E-state index is 4.55. The zero-order valence-electron chi connectivity index (χ0n) is 12.0. The summed E-state index contributed by atoms with van der Waals surface area (Å²) < 4.78 is 0. The highest BCUT2D eigenvalue weighted by molar-refractivity contribution is 5.99. The number of hydrogen-bond acceptors (Lipinski definition) is 3. The molecule has 0 aromatic heterocycles. The van der Waals surface area contributed by atoms with Gasteiger partial charge < -0.3 is 0 Å². The van der Waals surface area contributed by atoms with Gasteiger partial charge in [-0.3, -0.25) is 5.01 Å². The molecule has 1 saturated heterocycles. The van der Waals surface area contributed by atoms with Gasteiger partial charge in [0.25, 0.3) is 0 Å². The van der Waals surface area contributed by atoms with Crippen molar-refractivity contribution in [3.8, 4) is 0 Å². The largest absolute Gasteiger partial charge is 0.260 e. The van der Waals surface area contributed by atoms with E-state index < -0.39 is 0 Å². The van der Waals surface area contributed by atoms with Gasteiger partial charge in [0, 0.05) is 24.9 Å². The minimum atomic E-state index is 1.01. The average Bonchev–Trinajstić information content (AvgIpc) is 2.48. The molecule has 0 N–H and O–H groups in total. The minimum absolute atomic E-state index is 1.01. The number of hydrogen-bond donors (Lipinski definition) is 0. The third-order valence-electron chi connectivity index (χ3n) is 3.94. The summed E-state index contributed by atoms with van der Waals surface area (Å²) in [5.41, 5.74) is 3.38. The van der Waals surface area contributed by atoms with E-state index in [9.17, 15) is 0 Å². The Labute approximate surface area is 120 Å². The molecule has 1 fully saturated rings. The highest BCUT2D eigenvalue weighted by Gasteiger charge is 2.23. The highest BCUT2D eigenvalue weighted by Crippen LogP contribution is 2.31. The second-order valence-corrected chi connectivity index (χ2v) is 5.36. The molecule has 0 radical (unpaired) electrons. The number of aliphatic imine (C=N–C) groups is 1. The molecule has 2 aliphatic rings. The lowest BCUT2D eigenvalue weighted by atomic mass is 10.0. The predicted octanol–water partition coefficient (Wildman–Crippen LogP) is 3.85. The predicted molar refractivity (Wildman–Crippen MR) is 85.6 cm³/mol. The summed E-state index contributed by atoms with van der Waals surface area (Å²) in [6.07, 6.45) is 7.67. The number of anilines is 1. The molecular weight excluding hydrogens is 246 g/mol. The molecule has 1 aromatic rings. The van der Waals surface area contributed by atoms with Gasteiger partial charge in [-0.15, -0.1) is 0 Å². The summed E-state index contributed by atoms with van der Waals surface area (Å²) in [7, 11) is 0. The lowest BCUT2D eigenvalue weighted by molar-refractivity contribution is 0.236. The lowest BCUT2D eigenvalue weighted by Crippen LogP contribution is -2.48. The van der Waals surface area contributed by atoms with Crippen molar-refractivity contribution in [1.29, 1.82) is 0 Å². The van der Waals surface area contributed by atoms with Gasteiger partial charge in [-0.2, -0.15) is 0 Å². The van der Waals surface area contributed by atoms with E-state index in [1.165, 1.54) is 30.5 Å². The van der Waals surface area contributed by atoms with Crippen LogP contribution in [-0.4, -0.2) is 23.9 Å². The molecule has 0 aliphatic carbocycles. The number of amidine groups is 1. The molecule has 2 aliphatic heterocycles. The Morgan fingerprint density at radius 3 is 2.65 bits per heavy atom. The van der Waals surface area contributed by atoms with Crippen LogP contribution < -0.4 is 5.01 Å². The van der Waals surface area contributed by atoms with E-state index in [0.29, 0.717) is 0 Å². The summed E-state index contributed by atoms with van der Waals surface area (Å²) in [6, 6.07) is 8.45. The SMILES string of the molecule is C=C1/C=C\N=C(\C)N(N2CCCCC2)c2ccccc21. The van der Waals surface area contributed by atoms with Gasteiger partial charge in [-0.25, -0.2) is 10.0 Å². The lowest BCUT2D eigenvalue weighted by Gasteiger charge is -2.39. The highest BCUT2D eigenvalue weighted by atomic mass is 15.6. The summed E-state index contributed by atoms with van der Waals surface area (Å²) in [5.74, 6) is 1.02. The van der Waals surface area contributed by atoms with Crippen molar-refractivity contribution in [2.75, 3.05) is 18.1 Å². The molecule has 20 heavy (non-hydrogen) atoms. The van der Waals surface area contributed by atoms with E-state index in [-0.39, 0.29) is 0 Å². The Balaban J connectivity index is 2.08. The number of para-hydroxylation sites is 1. The fourth-order valence-corrected chi connectivity index (χ4v) is 2.92. The van der Waals surface area contributed by atoms with Crippen LogP contribution in [0.1, 0.15) is 31.7 Å². The number of hydrazine groups is 1. The molecule has 2 heterocycles. The van der Waals surface area contributed by atoms with Crippen LogP contribution in [0.4, 0.5) is 5.69 Å². The fourth-order valence-electron chi connectivity index (χ4n) is 2.92. The van der Waals surface area contributed by atoms with E-state index in [1.807, 2.05) is 12.3 Å². The van der Waals surface area contributed by atoms with Gasteiger partial charge in [-0.1, -0.05) is 31.2 Å². The fraction of sp³-hybridized carbons (Fsp3) is 0.353. The Hall–Kier alpha value is -1.87. The van der Waals surface area contributed by atoms with Crippen LogP contribution in [0.25, 0.3) is 5.57 Å². The molecule has 3 nitrogen and oxygen atoms in total. The monoisotopic (exact) mass is 267 g/mol. The number of fused-ring (bicyclic) bond motifs is 1. The van der Waals surface area contributed by atoms with E-state index in [0.717, 1.165) is 24.5 Å². The van der Waals surface area contributed by atoms with Crippen molar-refractivity contribution in [1.82, 2.24) is 5.01 Å². The summed E-state index contributed by atoms with van der Waals surface area (Å²) in [5, 5.41) is 4.68.